The molecule has 0 bridgehead atoms. The molecule has 0 saturated carbocycles. The zero-order chi connectivity index (χ0) is 16.3. The Morgan fingerprint density at radius 1 is 1.36 bits per heavy atom. The lowest BCUT2D eigenvalue weighted by atomic mass is 10.1. The molecule has 0 atom stereocenters. The van der Waals surface area contributed by atoms with Crippen molar-refractivity contribution in [1.82, 2.24) is 10.1 Å². The summed E-state index contributed by atoms with van der Waals surface area (Å²) in [6.45, 7) is 3.63. The van der Waals surface area contributed by atoms with E-state index in [9.17, 15) is 13.6 Å². The van der Waals surface area contributed by atoms with Crippen LogP contribution in [0.2, 0.25) is 0 Å². The van der Waals surface area contributed by atoms with Crippen LogP contribution >= 0.6 is 11.6 Å². The van der Waals surface area contributed by atoms with Crippen LogP contribution in [-0.4, -0.2) is 28.6 Å². The van der Waals surface area contributed by atoms with Crippen molar-refractivity contribution in [3.05, 3.63) is 35.7 Å². The summed E-state index contributed by atoms with van der Waals surface area (Å²) in [6.07, 6.45) is -0.0433. The van der Waals surface area contributed by atoms with Gasteiger partial charge in [-0.3, -0.25) is 4.79 Å². The average Bonchev–Trinajstić information content (AvgIpc) is 2.94. The zero-order valence-electron chi connectivity index (χ0n) is 11.8. The van der Waals surface area contributed by atoms with Crippen molar-refractivity contribution in [3.8, 4) is 11.4 Å². The standard InChI is InChI=1S/C14H13ClF2N2O3/c1-8(2)21-7-11(20)9-3-5-10(6-4-9)12-18-13(22-19-12)14(15,16)17/h3-6,8H,7H2,1-2H3. The van der Waals surface area contributed by atoms with Gasteiger partial charge in [0.1, 0.15) is 6.61 Å². The van der Waals surface area contributed by atoms with E-state index in [1.165, 1.54) is 24.3 Å². The first kappa shape index (κ1) is 16.5. The maximum absolute atomic E-state index is 12.8. The molecule has 2 aromatic rings. The summed E-state index contributed by atoms with van der Waals surface area (Å²) < 4.78 is 35.3. The van der Waals surface area contributed by atoms with Gasteiger partial charge in [0.2, 0.25) is 5.82 Å². The van der Waals surface area contributed by atoms with E-state index in [0.29, 0.717) is 11.1 Å². The van der Waals surface area contributed by atoms with Crippen molar-refractivity contribution >= 4 is 17.4 Å². The lowest BCUT2D eigenvalue weighted by molar-refractivity contribution is 0.0550. The first-order valence-corrected chi connectivity index (χ1v) is 6.81. The molecule has 8 heteroatoms. The number of halogens is 3. The third-order valence-electron chi connectivity index (χ3n) is 2.68. The van der Waals surface area contributed by atoms with Crippen LogP contribution in [0, 0.1) is 0 Å². The Labute approximate surface area is 130 Å². The Bertz CT molecular complexity index is 651. The molecule has 1 aromatic carbocycles. The molecule has 0 saturated heterocycles. The van der Waals surface area contributed by atoms with Crippen LogP contribution in [0.15, 0.2) is 28.8 Å². The Hall–Kier alpha value is -1.86. The second kappa shape index (κ2) is 6.50. The summed E-state index contributed by atoms with van der Waals surface area (Å²) in [4.78, 5) is 15.4. The first-order valence-electron chi connectivity index (χ1n) is 6.43. The third kappa shape index (κ3) is 4.08. The van der Waals surface area contributed by atoms with Crippen LogP contribution in [0.4, 0.5) is 8.78 Å². The highest BCUT2D eigenvalue weighted by molar-refractivity contribution is 6.21. The number of benzene rings is 1. The summed E-state index contributed by atoms with van der Waals surface area (Å²) in [7, 11) is 0. The van der Waals surface area contributed by atoms with Gasteiger partial charge in [0.05, 0.1) is 6.10 Å². The summed E-state index contributed by atoms with van der Waals surface area (Å²) >= 11 is 4.80. The van der Waals surface area contributed by atoms with E-state index in [1.54, 1.807) is 0 Å². The van der Waals surface area contributed by atoms with Gasteiger partial charge in [-0.25, -0.2) is 0 Å². The fourth-order valence-corrected chi connectivity index (χ4v) is 1.66. The second-order valence-electron chi connectivity index (χ2n) is 4.78. The summed E-state index contributed by atoms with van der Waals surface area (Å²) in [6, 6.07) is 6.14. The lowest BCUT2D eigenvalue weighted by Gasteiger charge is -2.06. The van der Waals surface area contributed by atoms with Crippen LogP contribution in [0.5, 0.6) is 0 Å². The number of nitrogens with zero attached hydrogens (tertiary/aromatic N) is 2. The molecule has 0 amide bonds. The molecule has 0 unspecified atom stereocenters. The Kier molecular flexibility index (Phi) is 4.87. The van der Waals surface area contributed by atoms with Gasteiger partial charge in [-0.15, -0.1) is 0 Å². The van der Waals surface area contributed by atoms with Gasteiger partial charge in [-0.1, -0.05) is 29.4 Å². The largest absolute Gasteiger partial charge is 0.400 e. The highest BCUT2D eigenvalue weighted by Crippen LogP contribution is 2.32. The monoisotopic (exact) mass is 330 g/mol. The van der Waals surface area contributed by atoms with Gasteiger partial charge in [0, 0.05) is 11.1 Å². The van der Waals surface area contributed by atoms with Gasteiger partial charge in [-0.05, 0) is 25.4 Å². The molecule has 1 heterocycles. The minimum absolute atomic E-state index is 0.0260. The number of ether oxygens (including phenoxy) is 1. The summed E-state index contributed by atoms with van der Waals surface area (Å²) in [5.41, 5.74) is 0.869. The van der Waals surface area contributed by atoms with Crippen LogP contribution in [0.1, 0.15) is 30.1 Å². The number of carbonyl (C=O) groups excluding carboxylic acids is 1. The lowest BCUT2D eigenvalue weighted by Crippen LogP contribution is -2.13. The van der Waals surface area contributed by atoms with Gasteiger partial charge in [-0.2, -0.15) is 13.8 Å². The molecule has 0 fully saturated rings. The topological polar surface area (TPSA) is 65.2 Å². The van der Waals surface area contributed by atoms with Crippen molar-refractivity contribution in [2.75, 3.05) is 6.61 Å². The van der Waals surface area contributed by atoms with Crippen LogP contribution in [0.3, 0.4) is 0 Å². The molecule has 0 aliphatic heterocycles. The van der Waals surface area contributed by atoms with E-state index in [2.05, 4.69) is 14.7 Å². The molecule has 118 valence electrons. The molecule has 0 N–H and O–H groups in total. The maximum Gasteiger partial charge on any atom is 0.400 e. The van der Waals surface area contributed by atoms with Gasteiger partial charge < -0.3 is 9.26 Å². The molecular weight excluding hydrogens is 318 g/mol. The molecule has 22 heavy (non-hydrogen) atoms. The maximum atomic E-state index is 12.8. The van der Waals surface area contributed by atoms with E-state index >= 15 is 0 Å². The number of rotatable bonds is 6. The fraction of sp³-hybridized carbons (Fsp3) is 0.357. The highest BCUT2D eigenvalue weighted by atomic mass is 35.5. The van der Waals surface area contributed by atoms with E-state index < -0.39 is 11.3 Å². The normalized spacial score (nSPS) is 11.9. The molecule has 0 radical (unpaired) electrons. The average molecular weight is 331 g/mol. The van der Waals surface area contributed by atoms with Crippen molar-refractivity contribution in [2.24, 2.45) is 0 Å². The van der Waals surface area contributed by atoms with E-state index in [0.717, 1.165) is 0 Å². The number of hydrogen-bond acceptors (Lipinski definition) is 5. The number of aromatic nitrogens is 2. The Balaban J connectivity index is 2.12. The third-order valence-corrected chi connectivity index (χ3v) is 2.84. The molecule has 0 aliphatic rings. The smallest absolute Gasteiger partial charge is 0.371 e. The SMILES string of the molecule is CC(C)OCC(=O)c1ccc(-c2noc(C(F)(F)Cl)n2)cc1. The van der Waals surface area contributed by atoms with Gasteiger partial charge >= 0.3 is 11.3 Å². The highest BCUT2D eigenvalue weighted by Gasteiger charge is 2.35. The Morgan fingerprint density at radius 3 is 2.50 bits per heavy atom. The van der Waals surface area contributed by atoms with Crippen molar-refractivity contribution < 1.29 is 22.8 Å². The van der Waals surface area contributed by atoms with Crippen molar-refractivity contribution in [1.29, 1.82) is 0 Å². The first-order chi connectivity index (χ1) is 10.3. The van der Waals surface area contributed by atoms with E-state index in [4.69, 9.17) is 16.3 Å². The molecule has 0 spiro atoms. The fourth-order valence-electron chi connectivity index (χ4n) is 1.59. The van der Waals surface area contributed by atoms with Crippen LogP contribution < -0.4 is 0 Å². The molecule has 0 aliphatic carbocycles. The predicted molar refractivity (Wildman–Crippen MR) is 74.9 cm³/mol. The quantitative estimate of drug-likeness (QED) is 0.597. The van der Waals surface area contributed by atoms with Crippen LogP contribution in [0.25, 0.3) is 11.4 Å². The number of alkyl halides is 3. The number of hydrogen-bond donors (Lipinski definition) is 0. The predicted octanol–water partition coefficient (Wildman–Crippen LogP) is 3.63. The molecule has 5 nitrogen and oxygen atoms in total. The molecular formula is C14H13ClF2N2O3. The number of ketones is 1. The van der Waals surface area contributed by atoms with E-state index in [-0.39, 0.29) is 24.3 Å². The van der Waals surface area contributed by atoms with E-state index in [1.807, 2.05) is 13.8 Å². The Morgan fingerprint density at radius 2 is 2.00 bits per heavy atom. The van der Waals surface area contributed by atoms with Crippen molar-refractivity contribution in [2.45, 2.75) is 25.3 Å². The zero-order valence-corrected chi connectivity index (χ0v) is 12.6. The number of Topliss-reactive ketones (excluding diaryl/α,β-unsaturated/α-hetero) is 1. The summed E-state index contributed by atoms with van der Waals surface area (Å²) in [5, 5.41) is -0.286. The van der Waals surface area contributed by atoms with Crippen molar-refractivity contribution in [3.63, 3.8) is 0 Å². The summed E-state index contributed by atoms with van der Waals surface area (Å²) in [5.74, 6) is -1.19. The minimum atomic E-state index is -3.71. The second-order valence-corrected chi connectivity index (χ2v) is 5.26. The minimum Gasteiger partial charge on any atom is -0.371 e. The van der Waals surface area contributed by atoms with Crippen LogP contribution in [-0.2, 0) is 10.1 Å². The number of carbonyl (C=O) groups is 1. The molecule has 1 aromatic heterocycles. The molecule has 2 rings (SSSR count). The van der Waals surface area contributed by atoms with Gasteiger partial charge in [0.25, 0.3) is 0 Å². The van der Waals surface area contributed by atoms with Gasteiger partial charge in [0.15, 0.2) is 5.78 Å².